The van der Waals surface area contributed by atoms with Gasteiger partial charge in [-0.1, -0.05) is 0 Å². The summed E-state index contributed by atoms with van der Waals surface area (Å²) in [4.78, 5) is 41.7. The van der Waals surface area contributed by atoms with E-state index in [2.05, 4.69) is 19.9 Å². The van der Waals surface area contributed by atoms with Crippen molar-refractivity contribution in [3.05, 3.63) is 22.8 Å². The second-order valence-electron chi connectivity index (χ2n) is 13.0. The van der Waals surface area contributed by atoms with Gasteiger partial charge in [0.2, 0.25) is 0 Å². The maximum absolute atomic E-state index is 13.9. The molecule has 7 heteroatoms. The van der Waals surface area contributed by atoms with Crippen LogP contribution in [0.4, 0.5) is 0 Å². The van der Waals surface area contributed by atoms with Gasteiger partial charge in [-0.3, -0.25) is 0 Å². The van der Waals surface area contributed by atoms with E-state index in [9.17, 15) is 14.4 Å². The second-order valence-corrected chi connectivity index (χ2v) is 17.2. The van der Waals surface area contributed by atoms with Gasteiger partial charge in [-0.15, -0.1) is 0 Å². The van der Waals surface area contributed by atoms with E-state index >= 15 is 0 Å². The van der Waals surface area contributed by atoms with Gasteiger partial charge in [0.15, 0.2) is 0 Å². The van der Waals surface area contributed by atoms with Crippen molar-refractivity contribution < 1.29 is 42.1 Å². The second kappa shape index (κ2) is 12.6. The van der Waals surface area contributed by atoms with Gasteiger partial charge in [0.25, 0.3) is 0 Å². The number of rotatable bonds is 7. The van der Waals surface area contributed by atoms with Crippen LogP contribution in [0.25, 0.3) is 0 Å². The van der Waals surface area contributed by atoms with Crippen LogP contribution >= 0.6 is 0 Å². The van der Waals surface area contributed by atoms with Gasteiger partial charge in [-0.2, -0.15) is 0 Å². The van der Waals surface area contributed by atoms with E-state index in [-0.39, 0.29) is 35.7 Å². The Bertz CT molecular complexity index is 917. The van der Waals surface area contributed by atoms with Crippen LogP contribution in [0.5, 0.6) is 0 Å². The number of allylic oxidation sites excluding steroid dienone is 4. The molecule has 0 radical (unpaired) electrons. The molecule has 6 nitrogen and oxygen atoms in total. The number of carbonyl (C=O) groups is 3. The summed E-state index contributed by atoms with van der Waals surface area (Å²) in [5.74, 6) is -1.62. The maximum atomic E-state index is 13.9. The van der Waals surface area contributed by atoms with E-state index in [1.807, 2.05) is 0 Å². The van der Waals surface area contributed by atoms with E-state index in [1.54, 1.807) is 0 Å². The van der Waals surface area contributed by atoms with Gasteiger partial charge >= 0.3 is 240 Å². The molecule has 1 atom stereocenters. The van der Waals surface area contributed by atoms with Crippen molar-refractivity contribution in [2.24, 2.45) is 17.8 Å². The van der Waals surface area contributed by atoms with Crippen LogP contribution in [-0.4, -0.2) is 17.9 Å². The van der Waals surface area contributed by atoms with Crippen molar-refractivity contribution in [3.8, 4) is 0 Å². The quantitative estimate of drug-likeness (QED) is 0.284. The average Bonchev–Trinajstić information content (AvgIpc) is 3.25. The molecule has 39 heavy (non-hydrogen) atoms. The number of hydrogen-bond donors (Lipinski definition) is 0. The van der Waals surface area contributed by atoms with E-state index in [0.29, 0.717) is 0 Å². The molecule has 216 valence electrons. The molecule has 0 saturated heterocycles. The zero-order valence-corrected chi connectivity index (χ0v) is 25.8. The Labute approximate surface area is 239 Å². The van der Waals surface area contributed by atoms with Crippen molar-refractivity contribution >= 4 is 17.9 Å². The van der Waals surface area contributed by atoms with E-state index in [1.165, 1.54) is 11.1 Å². The fourth-order valence-corrected chi connectivity index (χ4v) is 12.8. The Balaban J connectivity index is 1.57. The molecule has 0 heterocycles. The van der Waals surface area contributed by atoms with Crippen LogP contribution in [0.1, 0.15) is 136 Å². The minimum atomic E-state index is -5.03. The van der Waals surface area contributed by atoms with Crippen LogP contribution in [0.3, 0.4) is 0 Å². The zero-order chi connectivity index (χ0) is 27.5. The fourth-order valence-electron chi connectivity index (χ4n) is 7.76. The molecule has 0 amide bonds. The summed E-state index contributed by atoms with van der Waals surface area (Å²) >= 11 is -5.03. The van der Waals surface area contributed by atoms with Crippen molar-refractivity contribution in [1.29, 1.82) is 0 Å². The molecule has 0 aromatic heterocycles. The molecule has 5 rings (SSSR count). The van der Waals surface area contributed by atoms with Crippen molar-refractivity contribution in [3.63, 3.8) is 0 Å². The van der Waals surface area contributed by atoms with E-state index in [4.69, 9.17) is 9.96 Å². The fraction of sp³-hybridized carbons (Fsp3) is 0.781. The molecule has 0 bridgehead atoms. The predicted octanol–water partition coefficient (Wildman–Crippen LogP) is 8.26. The minimum absolute atomic E-state index is 0.223. The Morgan fingerprint density at radius 1 is 0.641 bits per heavy atom. The molecular formula is C32H48O6Ti. The van der Waals surface area contributed by atoms with E-state index < -0.39 is 21.5 Å². The first kappa shape index (κ1) is 29.1. The first-order chi connectivity index (χ1) is 18.8. The Hall–Kier alpha value is -1.40. The summed E-state index contributed by atoms with van der Waals surface area (Å²) in [5, 5.41) is 0. The zero-order valence-electron chi connectivity index (χ0n) is 24.2. The third kappa shape index (κ3) is 5.98. The van der Waals surface area contributed by atoms with Crippen molar-refractivity contribution in [2.45, 2.75) is 140 Å². The summed E-state index contributed by atoms with van der Waals surface area (Å²) in [6.07, 6.45) is 20.2. The van der Waals surface area contributed by atoms with Crippen LogP contribution in [0, 0.1) is 17.8 Å². The normalized spacial score (nSPS) is 27.5. The molecule has 3 saturated carbocycles. The topological polar surface area (TPSA) is 78.9 Å². The average molecular weight is 577 g/mol. The van der Waals surface area contributed by atoms with Gasteiger partial charge in [-0.05, 0) is 0 Å². The van der Waals surface area contributed by atoms with Gasteiger partial charge in [0.05, 0.1) is 0 Å². The Morgan fingerprint density at radius 2 is 1.03 bits per heavy atom. The molecule has 0 aromatic carbocycles. The van der Waals surface area contributed by atoms with Crippen LogP contribution in [-0.2, 0) is 42.1 Å². The summed E-state index contributed by atoms with van der Waals surface area (Å²) in [7, 11) is 0. The monoisotopic (exact) mass is 576 g/mol. The summed E-state index contributed by atoms with van der Waals surface area (Å²) in [5.41, 5.74) is 3.45. The summed E-state index contributed by atoms with van der Waals surface area (Å²) in [6.45, 7) is 4.11. The molecule has 3 fully saturated rings. The third-order valence-electron chi connectivity index (χ3n) is 10.4. The molecule has 0 spiro atoms. The Morgan fingerprint density at radius 3 is 1.44 bits per heavy atom. The number of hydrogen-bond acceptors (Lipinski definition) is 6. The molecule has 1 unspecified atom stereocenters. The molecule has 0 aromatic rings. The molecule has 0 N–H and O–H groups in total. The summed E-state index contributed by atoms with van der Waals surface area (Å²) < 4.78 is 18.9. The van der Waals surface area contributed by atoms with Crippen LogP contribution in [0.15, 0.2) is 22.8 Å². The van der Waals surface area contributed by atoms with E-state index in [0.717, 1.165) is 128 Å². The van der Waals surface area contributed by atoms with Gasteiger partial charge in [-0.25, -0.2) is 0 Å². The van der Waals surface area contributed by atoms with Gasteiger partial charge < -0.3 is 0 Å². The Kier molecular flexibility index (Phi) is 9.43. The van der Waals surface area contributed by atoms with Crippen LogP contribution < -0.4 is 0 Å². The molecule has 0 aliphatic heterocycles. The molecule has 5 aliphatic rings. The van der Waals surface area contributed by atoms with Crippen molar-refractivity contribution in [1.82, 2.24) is 0 Å². The number of carbonyl (C=O) groups excluding carboxylic acids is 3. The predicted molar refractivity (Wildman–Crippen MR) is 146 cm³/mol. The van der Waals surface area contributed by atoms with Gasteiger partial charge in [0.1, 0.15) is 0 Å². The summed E-state index contributed by atoms with van der Waals surface area (Å²) in [6, 6.07) is 0. The van der Waals surface area contributed by atoms with Crippen molar-refractivity contribution in [2.75, 3.05) is 0 Å². The van der Waals surface area contributed by atoms with Gasteiger partial charge in [0, 0.05) is 0 Å². The first-order valence-corrected chi connectivity index (χ1v) is 18.6. The standard InChI is InChI=1S/C11H15.3C7H12O2.Ti/c1-8-7-10-5-3-4-6-11(10)9(8)2;3*8-7(9)6-4-2-1-3-5-6;/h7H,3-6H2,1-2H3;3*6H,1-5H2,(H,8,9);/q;;;;+3/p-3. The third-order valence-corrected chi connectivity index (χ3v) is 15.6. The van der Waals surface area contributed by atoms with Crippen LogP contribution in [0.2, 0.25) is 3.72 Å². The first-order valence-electron chi connectivity index (χ1n) is 15.9. The molecular weight excluding hydrogens is 528 g/mol. The SMILES string of the molecule is CC1=CC2=C(CCCC2)[C]1(C)[Ti]([O]C(=O)C1CCCCC1)([O]C(=O)C1CCCCC1)[O]C(=O)C1CCCCC1. The molecule has 5 aliphatic carbocycles.